The number of fused-ring (bicyclic) bond motifs is 1. The lowest BCUT2D eigenvalue weighted by molar-refractivity contribution is 0.0489. The van der Waals surface area contributed by atoms with E-state index in [9.17, 15) is 9.90 Å². The third kappa shape index (κ3) is 3.96. The Hall–Kier alpha value is -2.60. The summed E-state index contributed by atoms with van der Waals surface area (Å²) < 4.78 is 11.4. The van der Waals surface area contributed by atoms with Gasteiger partial charge in [0, 0.05) is 10.8 Å². The number of esters is 1. The summed E-state index contributed by atoms with van der Waals surface area (Å²) in [5.74, 6) is 0.472. The lowest BCUT2D eigenvalue weighted by Gasteiger charge is -2.11. The number of rotatable bonds is 6. The first-order valence-electron chi connectivity index (χ1n) is 8.32. The van der Waals surface area contributed by atoms with Crippen molar-refractivity contribution >= 4 is 32.7 Å². The fourth-order valence-corrected chi connectivity index (χ4v) is 2.95. The highest BCUT2D eigenvalue weighted by Gasteiger charge is 2.20. The first-order valence-corrected chi connectivity index (χ1v) is 9.11. The molecular weight excluding hydrogens is 398 g/mol. The molecule has 0 fully saturated rings. The number of ether oxygens (including phenoxy) is 2. The van der Waals surface area contributed by atoms with Gasteiger partial charge in [-0.1, -0.05) is 31.5 Å². The maximum atomic E-state index is 12.2. The summed E-state index contributed by atoms with van der Waals surface area (Å²) in [4.78, 5) is 16.3. The van der Waals surface area contributed by atoms with Crippen molar-refractivity contribution in [3.05, 3.63) is 58.8 Å². The Labute approximate surface area is 159 Å². The Morgan fingerprint density at radius 3 is 2.62 bits per heavy atom. The van der Waals surface area contributed by atoms with E-state index in [1.54, 1.807) is 18.2 Å². The van der Waals surface area contributed by atoms with E-state index in [-0.39, 0.29) is 11.4 Å². The standard InChI is InChI=1S/C20H18BrNO4/c1-2-3-11-25-20(24)17-18(23)15-10-9-14(12-16(15)19(21)22-17)26-13-7-5-4-6-8-13/h4-10,12,23H,2-3,11H2,1H3. The number of halogens is 1. The zero-order valence-electron chi connectivity index (χ0n) is 14.2. The van der Waals surface area contributed by atoms with E-state index in [4.69, 9.17) is 9.47 Å². The van der Waals surface area contributed by atoms with Gasteiger partial charge in [-0.2, -0.15) is 0 Å². The molecule has 0 saturated carbocycles. The zero-order chi connectivity index (χ0) is 18.5. The number of aromatic nitrogens is 1. The molecule has 0 aliphatic rings. The van der Waals surface area contributed by atoms with Gasteiger partial charge in [-0.15, -0.1) is 0 Å². The van der Waals surface area contributed by atoms with Crippen LogP contribution in [0.3, 0.4) is 0 Å². The maximum absolute atomic E-state index is 12.2. The number of carbonyl (C=O) groups excluding carboxylic acids is 1. The normalized spacial score (nSPS) is 10.7. The molecule has 3 aromatic rings. The Morgan fingerprint density at radius 1 is 1.12 bits per heavy atom. The molecule has 6 heteroatoms. The molecule has 1 N–H and O–H groups in total. The highest BCUT2D eigenvalue weighted by Crippen LogP contribution is 2.35. The van der Waals surface area contributed by atoms with E-state index in [1.807, 2.05) is 37.3 Å². The molecule has 0 aliphatic carbocycles. The second kappa shape index (κ2) is 8.19. The number of hydrogen-bond acceptors (Lipinski definition) is 5. The van der Waals surface area contributed by atoms with Crippen molar-refractivity contribution < 1.29 is 19.4 Å². The fraction of sp³-hybridized carbons (Fsp3) is 0.200. The number of para-hydroxylation sites is 1. The van der Waals surface area contributed by atoms with Crippen molar-refractivity contribution in [2.24, 2.45) is 0 Å². The monoisotopic (exact) mass is 415 g/mol. The molecule has 5 nitrogen and oxygen atoms in total. The van der Waals surface area contributed by atoms with Gasteiger partial charge < -0.3 is 14.6 Å². The molecule has 0 unspecified atom stereocenters. The van der Waals surface area contributed by atoms with E-state index >= 15 is 0 Å². The molecule has 0 atom stereocenters. The summed E-state index contributed by atoms with van der Waals surface area (Å²) >= 11 is 3.37. The zero-order valence-corrected chi connectivity index (χ0v) is 15.8. The van der Waals surface area contributed by atoms with Gasteiger partial charge in [0.1, 0.15) is 16.1 Å². The van der Waals surface area contributed by atoms with E-state index in [0.717, 1.165) is 12.8 Å². The number of carbonyl (C=O) groups is 1. The van der Waals surface area contributed by atoms with Gasteiger partial charge in [0.05, 0.1) is 6.61 Å². The summed E-state index contributed by atoms with van der Waals surface area (Å²) in [5, 5.41) is 11.6. The van der Waals surface area contributed by atoms with Crippen molar-refractivity contribution in [3.8, 4) is 17.2 Å². The van der Waals surface area contributed by atoms with Crippen LogP contribution in [0.15, 0.2) is 53.1 Å². The van der Waals surface area contributed by atoms with Gasteiger partial charge in [0.15, 0.2) is 11.4 Å². The van der Waals surface area contributed by atoms with Crippen molar-refractivity contribution in [3.63, 3.8) is 0 Å². The van der Waals surface area contributed by atoms with Gasteiger partial charge in [-0.3, -0.25) is 0 Å². The van der Waals surface area contributed by atoms with Crippen LogP contribution in [-0.4, -0.2) is 22.7 Å². The Kier molecular flexibility index (Phi) is 5.73. The van der Waals surface area contributed by atoms with Crippen LogP contribution in [0, 0.1) is 0 Å². The second-order valence-electron chi connectivity index (χ2n) is 5.71. The minimum Gasteiger partial charge on any atom is -0.505 e. The fourth-order valence-electron chi connectivity index (χ4n) is 2.45. The predicted molar refractivity (Wildman–Crippen MR) is 103 cm³/mol. The largest absolute Gasteiger partial charge is 0.505 e. The second-order valence-corrected chi connectivity index (χ2v) is 6.46. The highest BCUT2D eigenvalue weighted by molar-refractivity contribution is 9.10. The molecular formula is C20H18BrNO4. The molecule has 0 bridgehead atoms. The number of nitrogens with zero attached hydrogens (tertiary/aromatic N) is 1. The molecule has 134 valence electrons. The number of benzene rings is 2. The summed E-state index contributed by atoms with van der Waals surface area (Å²) in [7, 11) is 0. The number of unbranched alkanes of at least 4 members (excludes halogenated alkanes) is 1. The van der Waals surface area contributed by atoms with Crippen molar-refractivity contribution in [2.75, 3.05) is 6.61 Å². The molecule has 0 amide bonds. The van der Waals surface area contributed by atoms with Crippen LogP contribution in [0.5, 0.6) is 17.2 Å². The molecule has 1 aromatic heterocycles. The smallest absolute Gasteiger partial charge is 0.360 e. The minimum absolute atomic E-state index is 0.0998. The van der Waals surface area contributed by atoms with Crippen LogP contribution < -0.4 is 4.74 Å². The predicted octanol–water partition coefficient (Wildman–Crippen LogP) is 5.45. The van der Waals surface area contributed by atoms with E-state index in [1.165, 1.54) is 0 Å². The van der Waals surface area contributed by atoms with Gasteiger partial charge in [-0.05, 0) is 52.7 Å². The summed E-state index contributed by atoms with van der Waals surface area (Å²) in [6, 6.07) is 14.6. The number of aromatic hydroxyl groups is 1. The lowest BCUT2D eigenvalue weighted by Crippen LogP contribution is -2.09. The van der Waals surface area contributed by atoms with Crippen LogP contribution in [-0.2, 0) is 4.74 Å². The van der Waals surface area contributed by atoms with Gasteiger partial charge in [-0.25, -0.2) is 9.78 Å². The lowest BCUT2D eigenvalue weighted by atomic mass is 10.1. The molecule has 2 aromatic carbocycles. The van der Waals surface area contributed by atoms with Crippen LogP contribution in [0.25, 0.3) is 10.8 Å². The average Bonchev–Trinajstić information content (AvgIpc) is 2.65. The van der Waals surface area contributed by atoms with E-state index in [2.05, 4.69) is 20.9 Å². The Bertz CT molecular complexity index is 928. The average molecular weight is 416 g/mol. The summed E-state index contributed by atoms with van der Waals surface area (Å²) in [6.07, 6.45) is 1.68. The van der Waals surface area contributed by atoms with Crippen LogP contribution in [0.4, 0.5) is 0 Å². The number of pyridine rings is 1. The first-order chi connectivity index (χ1) is 12.6. The SMILES string of the molecule is CCCCOC(=O)c1nc(Br)c2cc(Oc3ccccc3)ccc2c1O. The maximum Gasteiger partial charge on any atom is 0.360 e. The number of hydrogen-bond donors (Lipinski definition) is 1. The molecule has 0 radical (unpaired) electrons. The minimum atomic E-state index is -0.636. The van der Waals surface area contributed by atoms with Crippen LogP contribution >= 0.6 is 15.9 Å². The topological polar surface area (TPSA) is 68.7 Å². The molecule has 0 spiro atoms. The third-order valence-corrected chi connectivity index (χ3v) is 4.41. The molecule has 0 aliphatic heterocycles. The van der Waals surface area contributed by atoms with Gasteiger partial charge in [0.2, 0.25) is 0 Å². The van der Waals surface area contributed by atoms with Crippen molar-refractivity contribution in [1.29, 1.82) is 0 Å². The Morgan fingerprint density at radius 2 is 1.88 bits per heavy atom. The van der Waals surface area contributed by atoms with Crippen LogP contribution in [0.2, 0.25) is 0 Å². The van der Waals surface area contributed by atoms with Gasteiger partial charge in [0.25, 0.3) is 0 Å². The summed E-state index contributed by atoms with van der Waals surface area (Å²) in [5.41, 5.74) is -0.0998. The molecule has 0 saturated heterocycles. The van der Waals surface area contributed by atoms with E-state index < -0.39 is 5.97 Å². The third-order valence-electron chi connectivity index (χ3n) is 3.81. The summed E-state index contributed by atoms with van der Waals surface area (Å²) in [6.45, 7) is 2.31. The van der Waals surface area contributed by atoms with Crippen LogP contribution in [0.1, 0.15) is 30.3 Å². The molecule has 26 heavy (non-hydrogen) atoms. The van der Waals surface area contributed by atoms with Crippen molar-refractivity contribution in [1.82, 2.24) is 4.98 Å². The Balaban J connectivity index is 1.92. The highest BCUT2D eigenvalue weighted by atomic mass is 79.9. The molecule has 1 heterocycles. The van der Waals surface area contributed by atoms with Gasteiger partial charge >= 0.3 is 5.97 Å². The quantitative estimate of drug-likeness (QED) is 0.329. The molecule has 3 rings (SSSR count). The first kappa shape index (κ1) is 18.2. The van der Waals surface area contributed by atoms with E-state index in [0.29, 0.717) is 33.5 Å². The van der Waals surface area contributed by atoms with Crippen molar-refractivity contribution in [2.45, 2.75) is 19.8 Å².